The summed E-state index contributed by atoms with van der Waals surface area (Å²) in [5, 5.41) is 12.3. The van der Waals surface area contributed by atoms with Gasteiger partial charge in [0.15, 0.2) is 0 Å². The van der Waals surface area contributed by atoms with Gasteiger partial charge in [0, 0.05) is 17.4 Å². The predicted octanol–water partition coefficient (Wildman–Crippen LogP) is 3.84. The van der Waals surface area contributed by atoms with Gasteiger partial charge in [0.05, 0.1) is 11.3 Å². The number of benzene rings is 1. The van der Waals surface area contributed by atoms with Crippen LogP contribution in [0.3, 0.4) is 0 Å². The summed E-state index contributed by atoms with van der Waals surface area (Å²) in [6.07, 6.45) is 3.97. The van der Waals surface area contributed by atoms with Crippen LogP contribution in [0, 0.1) is 23.0 Å². The third-order valence-corrected chi connectivity index (χ3v) is 4.86. The fourth-order valence-electron chi connectivity index (χ4n) is 2.76. The number of halogens is 2. The van der Waals surface area contributed by atoms with Gasteiger partial charge in [0.25, 0.3) is 0 Å². The van der Waals surface area contributed by atoms with Gasteiger partial charge in [-0.05, 0) is 49.4 Å². The minimum Gasteiger partial charge on any atom is -0.325 e. The molecule has 0 fully saturated rings. The van der Waals surface area contributed by atoms with Crippen molar-refractivity contribution in [1.82, 2.24) is 4.98 Å². The first kappa shape index (κ1) is 17.4. The van der Waals surface area contributed by atoms with E-state index in [1.165, 1.54) is 0 Å². The van der Waals surface area contributed by atoms with E-state index in [1.54, 1.807) is 0 Å². The van der Waals surface area contributed by atoms with Crippen LogP contribution >= 0.6 is 11.8 Å². The lowest BCUT2D eigenvalue weighted by atomic mass is 9.95. The maximum atomic E-state index is 13.1. The highest BCUT2D eigenvalue weighted by Gasteiger charge is 2.16. The second-order valence-corrected chi connectivity index (χ2v) is 6.72. The smallest absolute Gasteiger partial charge is 0.234 e. The molecule has 1 aliphatic carbocycles. The topological polar surface area (TPSA) is 65.8 Å². The van der Waals surface area contributed by atoms with Gasteiger partial charge >= 0.3 is 0 Å². The lowest BCUT2D eigenvalue weighted by Crippen LogP contribution is -2.15. The molecule has 1 amide bonds. The molecular formula is C18H15F2N3OS. The van der Waals surface area contributed by atoms with Gasteiger partial charge in [-0.15, -0.1) is 0 Å². The number of fused-ring (bicyclic) bond motifs is 1. The Morgan fingerprint density at radius 3 is 2.64 bits per heavy atom. The van der Waals surface area contributed by atoms with E-state index in [4.69, 9.17) is 0 Å². The minimum absolute atomic E-state index is 0.00139. The normalized spacial score (nSPS) is 13.0. The molecule has 1 aromatic heterocycles. The number of aromatic nitrogens is 1. The Balaban J connectivity index is 1.68. The van der Waals surface area contributed by atoms with Crippen molar-refractivity contribution in [2.45, 2.75) is 30.7 Å². The first-order valence-corrected chi connectivity index (χ1v) is 8.85. The standard InChI is InChI=1S/C18H15F2N3OS/c19-13-6-14(20)8-15(7-13)22-17(24)10-25-18-12(9-21)5-11-3-1-2-4-16(11)23-18/h5-8H,1-4,10H2,(H,22,24). The van der Waals surface area contributed by atoms with Crippen molar-refractivity contribution in [1.29, 1.82) is 5.26 Å². The molecule has 1 aliphatic rings. The second kappa shape index (κ2) is 7.62. The summed E-state index contributed by atoms with van der Waals surface area (Å²) in [5.41, 5.74) is 2.60. The number of anilines is 1. The van der Waals surface area contributed by atoms with Crippen molar-refractivity contribution in [3.63, 3.8) is 0 Å². The van der Waals surface area contributed by atoms with Crippen molar-refractivity contribution < 1.29 is 13.6 Å². The van der Waals surface area contributed by atoms with E-state index in [2.05, 4.69) is 16.4 Å². The summed E-state index contributed by atoms with van der Waals surface area (Å²) in [7, 11) is 0. The molecule has 4 nitrogen and oxygen atoms in total. The average Bonchev–Trinajstić information content (AvgIpc) is 2.58. The highest BCUT2D eigenvalue weighted by Crippen LogP contribution is 2.27. The molecule has 0 radical (unpaired) electrons. The fourth-order valence-corrected chi connectivity index (χ4v) is 3.54. The molecule has 0 saturated carbocycles. The molecule has 128 valence electrons. The SMILES string of the molecule is N#Cc1cc2c(nc1SCC(=O)Nc1cc(F)cc(F)c1)CCCC2. The van der Waals surface area contributed by atoms with Gasteiger partial charge in [0.1, 0.15) is 22.7 Å². The van der Waals surface area contributed by atoms with Gasteiger partial charge < -0.3 is 5.32 Å². The molecule has 0 atom stereocenters. The number of carbonyl (C=O) groups excluding carboxylic acids is 1. The summed E-state index contributed by atoms with van der Waals surface area (Å²) < 4.78 is 26.3. The van der Waals surface area contributed by atoms with Crippen molar-refractivity contribution in [2.24, 2.45) is 0 Å². The maximum absolute atomic E-state index is 13.1. The zero-order valence-electron chi connectivity index (χ0n) is 13.3. The largest absolute Gasteiger partial charge is 0.325 e. The summed E-state index contributed by atoms with van der Waals surface area (Å²) >= 11 is 1.15. The molecule has 0 bridgehead atoms. The molecule has 2 aromatic rings. The first-order chi connectivity index (χ1) is 12.0. The number of rotatable bonds is 4. The van der Waals surface area contributed by atoms with Crippen LogP contribution in [0.1, 0.15) is 29.7 Å². The van der Waals surface area contributed by atoms with E-state index < -0.39 is 17.5 Å². The van der Waals surface area contributed by atoms with E-state index in [-0.39, 0.29) is 11.4 Å². The number of nitrogens with one attached hydrogen (secondary N) is 1. The van der Waals surface area contributed by atoms with E-state index in [9.17, 15) is 18.8 Å². The summed E-state index contributed by atoms with van der Waals surface area (Å²) in [5.74, 6) is -1.94. The molecule has 3 rings (SSSR count). The Labute approximate surface area is 148 Å². The quantitative estimate of drug-likeness (QED) is 0.843. The number of aryl methyl sites for hydroxylation is 2. The molecule has 1 N–H and O–H groups in total. The lowest BCUT2D eigenvalue weighted by Gasteiger charge is -2.16. The molecule has 1 heterocycles. The number of hydrogen-bond acceptors (Lipinski definition) is 4. The number of carbonyl (C=O) groups is 1. The number of amides is 1. The number of nitrogens with zero attached hydrogens (tertiary/aromatic N) is 2. The van der Waals surface area contributed by atoms with E-state index in [1.807, 2.05) is 6.07 Å². The molecule has 0 saturated heterocycles. The van der Waals surface area contributed by atoms with Gasteiger partial charge in [-0.3, -0.25) is 4.79 Å². The minimum atomic E-state index is -0.758. The van der Waals surface area contributed by atoms with Gasteiger partial charge in [-0.2, -0.15) is 5.26 Å². The maximum Gasteiger partial charge on any atom is 0.234 e. The molecule has 25 heavy (non-hydrogen) atoms. The van der Waals surface area contributed by atoms with E-state index >= 15 is 0 Å². The van der Waals surface area contributed by atoms with Crippen LogP contribution in [-0.2, 0) is 17.6 Å². The summed E-state index contributed by atoms with van der Waals surface area (Å²) in [6, 6.07) is 6.80. The predicted molar refractivity (Wildman–Crippen MR) is 91.3 cm³/mol. The zero-order valence-corrected chi connectivity index (χ0v) is 14.1. The average molecular weight is 359 g/mol. The zero-order chi connectivity index (χ0) is 17.8. The Morgan fingerprint density at radius 2 is 1.92 bits per heavy atom. The number of nitriles is 1. The van der Waals surface area contributed by atoms with Gasteiger partial charge in [0.2, 0.25) is 5.91 Å². The molecule has 0 aliphatic heterocycles. The molecular weight excluding hydrogens is 344 g/mol. The van der Waals surface area contributed by atoms with Crippen molar-refractivity contribution >= 4 is 23.4 Å². The van der Waals surface area contributed by atoms with Crippen LogP contribution in [0.5, 0.6) is 0 Å². The molecule has 1 aromatic carbocycles. The van der Waals surface area contributed by atoms with Crippen molar-refractivity contribution in [3.05, 3.63) is 52.7 Å². The van der Waals surface area contributed by atoms with Crippen LogP contribution < -0.4 is 5.32 Å². The van der Waals surface area contributed by atoms with Gasteiger partial charge in [-0.25, -0.2) is 13.8 Å². The number of hydrogen-bond donors (Lipinski definition) is 1. The third-order valence-electron chi connectivity index (χ3n) is 3.87. The highest BCUT2D eigenvalue weighted by atomic mass is 32.2. The van der Waals surface area contributed by atoms with Crippen LogP contribution in [0.15, 0.2) is 29.3 Å². The molecule has 0 spiro atoms. The monoisotopic (exact) mass is 359 g/mol. The Morgan fingerprint density at radius 1 is 1.20 bits per heavy atom. The first-order valence-electron chi connectivity index (χ1n) is 7.87. The Kier molecular flexibility index (Phi) is 5.29. The van der Waals surface area contributed by atoms with Gasteiger partial charge in [-0.1, -0.05) is 11.8 Å². The van der Waals surface area contributed by atoms with Crippen LogP contribution in [-0.4, -0.2) is 16.6 Å². The number of pyridine rings is 1. The van der Waals surface area contributed by atoms with Crippen LogP contribution in [0.2, 0.25) is 0 Å². The molecule has 7 heteroatoms. The Hall–Kier alpha value is -2.46. The van der Waals surface area contributed by atoms with Crippen LogP contribution in [0.4, 0.5) is 14.5 Å². The van der Waals surface area contributed by atoms with Crippen molar-refractivity contribution in [2.75, 3.05) is 11.1 Å². The van der Waals surface area contributed by atoms with Crippen molar-refractivity contribution in [3.8, 4) is 6.07 Å². The second-order valence-electron chi connectivity index (χ2n) is 5.76. The number of thioether (sulfide) groups is 1. The lowest BCUT2D eigenvalue weighted by molar-refractivity contribution is -0.113. The van der Waals surface area contributed by atoms with E-state index in [0.29, 0.717) is 10.6 Å². The third kappa shape index (κ3) is 4.34. The Bertz CT molecular complexity index is 844. The highest BCUT2D eigenvalue weighted by molar-refractivity contribution is 8.00. The summed E-state index contributed by atoms with van der Waals surface area (Å²) in [4.78, 5) is 16.5. The van der Waals surface area contributed by atoms with E-state index in [0.717, 1.165) is 66.9 Å². The fraction of sp³-hybridized carbons (Fsp3) is 0.278. The summed E-state index contributed by atoms with van der Waals surface area (Å²) in [6.45, 7) is 0. The molecule has 0 unspecified atom stereocenters. The van der Waals surface area contributed by atoms with Crippen LogP contribution in [0.25, 0.3) is 0 Å².